The Labute approximate surface area is 103 Å². The van der Waals surface area contributed by atoms with Crippen LogP contribution in [0.25, 0.3) is 0 Å². The Bertz CT molecular complexity index is 437. The van der Waals surface area contributed by atoms with Gasteiger partial charge in [0.25, 0.3) is 0 Å². The van der Waals surface area contributed by atoms with Crippen molar-refractivity contribution < 1.29 is 17.9 Å². The first-order valence-electron chi connectivity index (χ1n) is 5.77. The van der Waals surface area contributed by atoms with Gasteiger partial charge in [0.1, 0.15) is 12.3 Å². The van der Waals surface area contributed by atoms with E-state index in [-0.39, 0.29) is 5.75 Å². The van der Waals surface area contributed by atoms with Gasteiger partial charge in [0.2, 0.25) is 0 Å². The van der Waals surface area contributed by atoms with Gasteiger partial charge < -0.3 is 9.50 Å². The van der Waals surface area contributed by atoms with Crippen LogP contribution in [0.15, 0.2) is 24.3 Å². The quantitative estimate of drug-likeness (QED) is 0.771. The molecule has 1 aromatic carbocycles. The Kier molecular flexibility index (Phi) is 4.96. The molecule has 0 radical (unpaired) electrons. The minimum atomic E-state index is -3.42. The molecule has 1 aromatic rings. The van der Waals surface area contributed by atoms with E-state index in [0.29, 0.717) is 11.8 Å². The van der Waals surface area contributed by atoms with Crippen molar-refractivity contribution in [2.75, 3.05) is 5.75 Å². The van der Waals surface area contributed by atoms with Gasteiger partial charge in [-0.2, -0.15) is 8.42 Å². The Morgan fingerprint density at radius 3 is 2.29 bits per heavy atom. The van der Waals surface area contributed by atoms with E-state index in [1.807, 2.05) is 12.1 Å². The summed E-state index contributed by atoms with van der Waals surface area (Å²) in [6.07, 6.45) is 0. The van der Waals surface area contributed by atoms with E-state index in [0.717, 1.165) is 12.1 Å². The average molecular weight is 258 g/mol. The van der Waals surface area contributed by atoms with Crippen molar-refractivity contribution in [2.45, 2.75) is 33.4 Å². The van der Waals surface area contributed by atoms with Crippen LogP contribution >= 0.6 is 0 Å². The first-order chi connectivity index (χ1) is 7.93. The minimum Gasteiger partial charge on any atom is -0.382 e. The normalized spacial score (nSPS) is 11.8. The van der Waals surface area contributed by atoms with Crippen LogP contribution in [0, 0.1) is 0 Å². The molecule has 0 amide bonds. The summed E-state index contributed by atoms with van der Waals surface area (Å²) in [4.78, 5) is 0. The molecule has 1 rings (SSSR count). The third-order valence-corrected chi connectivity index (χ3v) is 3.48. The Morgan fingerprint density at radius 2 is 1.82 bits per heavy atom. The van der Waals surface area contributed by atoms with Crippen molar-refractivity contribution in [3.63, 3.8) is 0 Å². The molecule has 0 spiro atoms. The summed E-state index contributed by atoms with van der Waals surface area (Å²) >= 11 is 0. The summed E-state index contributed by atoms with van der Waals surface area (Å²) < 4.78 is 27.4. The third kappa shape index (κ3) is 5.19. The molecule has 0 fully saturated rings. The number of benzene rings is 1. The molecule has 4 nitrogen and oxygen atoms in total. The summed E-state index contributed by atoms with van der Waals surface area (Å²) in [5.74, 6) is 0.357. The number of quaternary nitrogens is 1. The van der Waals surface area contributed by atoms with Gasteiger partial charge in [-0.25, -0.2) is 0 Å². The molecule has 0 aliphatic carbocycles. The third-order valence-electron chi connectivity index (χ3n) is 2.33. The SMILES string of the molecule is CCS(=O)(=O)Oc1ccc(C[NH2+]C(C)C)cc1. The Hall–Kier alpha value is -1.07. The largest absolute Gasteiger partial charge is 0.382 e. The number of hydrogen-bond donors (Lipinski definition) is 1. The maximum atomic E-state index is 11.2. The van der Waals surface area contributed by atoms with Gasteiger partial charge in [-0.1, -0.05) is 0 Å². The molecule has 17 heavy (non-hydrogen) atoms. The van der Waals surface area contributed by atoms with Crippen LogP contribution in [0.4, 0.5) is 0 Å². The standard InChI is InChI=1S/C12H19NO3S/c1-4-17(14,15)16-12-7-5-11(6-8-12)9-13-10(2)3/h5-8,10,13H,4,9H2,1-3H3/p+1. The molecule has 0 heterocycles. The van der Waals surface area contributed by atoms with Crippen molar-refractivity contribution in [2.24, 2.45) is 0 Å². The topological polar surface area (TPSA) is 60.0 Å². The van der Waals surface area contributed by atoms with Crippen LogP contribution in [-0.2, 0) is 16.7 Å². The van der Waals surface area contributed by atoms with E-state index < -0.39 is 10.1 Å². The van der Waals surface area contributed by atoms with Gasteiger partial charge in [0.05, 0.1) is 11.8 Å². The fourth-order valence-electron chi connectivity index (χ4n) is 1.26. The van der Waals surface area contributed by atoms with Crippen LogP contribution in [0.1, 0.15) is 26.3 Å². The molecule has 0 atom stereocenters. The van der Waals surface area contributed by atoms with Crippen molar-refractivity contribution in [3.8, 4) is 5.75 Å². The predicted octanol–water partition coefficient (Wildman–Crippen LogP) is 0.887. The highest BCUT2D eigenvalue weighted by Crippen LogP contribution is 2.14. The molecule has 2 N–H and O–H groups in total. The fourth-order valence-corrected chi connectivity index (χ4v) is 1.78. The van der Waals surface area contributed by atoms with Crippen molar-refractivity contribution in [1.82, 2.24) is 0 Å². The lowest BCUT2D eigenvalue weighted by molar-refractivity contribution is -0.698. The monoisotopic (exact) mass is 258 g/mol. The summed E-state index contributed by atoms with van der Waals surface area (Å²) in [5.41, 5.74) is 1.15. The van der Waals surface area contributed by atoms with Gasteiger partial charge in [-0.15, -0.1) is 0 Å². The number of nitrogens with two attached hydrogens (primary N) is 1. The molecule has 5 heteroatoms. The number of rotatable bonds is 6. The first-order valence-corrected chi connectivity index (χ1v) is 7.35. The molecule has 0 saturated heterocycles. The van der Waals surface area contributed by atoms with Gasteiger partial charge in [0, 0.05) is 5.56 Å². The molecular formula is C12H20NO3S+. The van der Waals surface area contributed by atoms with Crippen LogP contribution in [0.3, 0.4) is 0 Å². The van der Waals surface area contributed by atoms with E-state index in [9.17, 15) is 8.42 Å². The van der Waals surface area contributed by atoms with Crippen molar-refractivity contribution >= 4 is 10.1 Å². The highest BCUT2D eigenvalue weighted by molar-refractivity contribution is 7.87. The van der Waals surface area contributed by atoms with Gasteiger partial charge in [-0.3, -0.25) is 0 Å². The molecule has 96 valence electrons. The van der Waals surface area contributed by atoms with Crippen molar-refractivity contribution in [3.05, 3.63) is 29.8 Å². The maximum Gasteiger partial charge on any atom is 0.308 e. The van der Waals surface area contributed by atoms with Crippen LogP contribution in [0.5, 0.6) is 5.75 Å². The molecule has 0 unspecified atom stereocenters. The summed E-state index contributed by atoms with van der Waals surface area (Å²) in [7, 11) is -3.42. The highest BCUT2D eigenvalue weighted by Gasteiger charge is 2.09. The Balaban J connectivity index is 2.62. The fraction of sp³-hybridized carbons (Fsp3) is 0.500. The second-order valence-electron chi connectivity index (χ2n) is 4.26. The second-order valence-corrected chi connectivity index (χ2v) is 6.12. The number of hydrogen-bond acceptors (Lipinski definition) is 3. The maximum absolute atomic E-state index is 11.2. The zero-order valence-corrected chi connectivity index (χ0v) is 11.3. The van der Waals surface area contributed by atoms with E-state index in [1.54, 1.807) is 19.1 Å². The van der Waals surface area contributed by atoms with Crippen LogP contribution in [0.2, 0.25) is 0 Å². The van der Waals surface area contributed by atoms with E-state index in [4.69, 9.17) is 4.18 Å². The van der Waals surface area contributed by atoms with Gasteiger partial charge >= 0.3 is 10.1 Å². The lowest BCUT2D eigenvalue weighted by Gasteiger charge is -2.07. The molecule has 0 bridgehead atoms. The molecule has 0 aliphatic heterocycles. The molecule has 0 saturated carbocycles. The van der Waals surface area contributed by atoms with Gasteiger partial charge in [-0.05, 0) is 45.0 Å². The first kappa shape index (κ1) is 14.0. The van der Waals surface area contributed by atoms with Crippen LogP contribution < -0.4 is 9.50 Å². The lowest BCUT2D eigenvalue weighted by atomic mass is 10.2. The van der Waals surface area contributed by atoms with Crippen LogP contribution in [-0.4, -0.2) is 20.2 Å². The minimum absolute atomic E-state index is 0.0180. The Morgan fingerprint density at radius 1 is 1.24 bits per heavy atom. The second kappa shape index (κ2) is 6.02. The van der Waals surface area contributed by atoms with Crippen molar-refractivity contribution in [1.29, 1.82) is 0 Å². The van der Waals surface area contributed by atoms with E-state index in [2.05, 4.69) is 19.2 Å². The zero-order valence-electron chi connectivity index (χ0n) is 10.5. The lowest BCUT2D eigenvalue weighted by Crippen LogP contribution is -2.86. The molecule has 0 aromatic heterocycles. The average Bonchev–Trinajstić information content (AvgIpc) is 2.28. The van der Waals surface area contributed by atoms with E-state index >= 15 is 0 Å². The van der Waals surface area contributed by atoms with E-state index in [1.165, 1.54) is 0 Å². The summed E-state index contributed by atoms with van der Waals surface area (Å²) in [5, 5.41) is 2.21. The smallest absolute Gasteiger partial charge is 0.308 e. The zero-order chi connectivity index (χ0) is 12.9. The highest BCUT2D eigenvalue weighted by atomic mass is 32.2. The molecular weight excluding hydrogens is 238 g/mol. The summed E-state index contributed by atoms with van der Waals surface area (Å²) in [6, 6.07) is 7.71. The predicted molar refractivity (Wildman–Crippen MR) is 67.3 cm³/mol. The molecule has 0 aliphatic rings. The summed E-state index contributed by atoms with van der Waals surface area (Å²) in [6.45, 7) is 6.70. The van der Waals surface area contributed by atoms with Gasteiger partial charge in [0.15, 0.2) is 0 Å².